The van der Waals surface area contributed by atoms with Crippen LogP contribution in [-0.2, 0) is 0 Å². The number of benzene rings is 1. The molecule has 0 amide bonds. The Hall–Kier alpha value is -0.230. The third kappa shape index (κ3) is 6.95. The van der Waals surface area contributed by atoms with Gasteiger partial charge in [-0.1, -0.05) is 12.1 Å². The lowest BCUT2D eigenvalue weighted by atomic mass is 10.2. The number of piperazine rings is 2. The molecule has 0 radical (unpaired) electrons. The third-order valence-electron chi connectivity index (χ3n) is 4.68. The van der Waals surface area contributed by atoms with E-state index in [9.17, 15) is 0 Å². The zero-order valence-electron chi connectivity index (χ0n) is 14.4. The lowest BCUT2D eigenvalue weighted by Gasteiger charge is -2.37. The fraction of sp³-hybridized carbons (Fsp3) is 0.647. The normalized spacial score (nSPS) is 19.0. The van der Waals surface area contributed by atoms with E-state index in [-0.39, 0.29) is 37.2 Å². The molecule has 1 N–H and O–H groups in total. The van der Waals surface area contributed by atoms with E-state index in [1.54, 1.807) is 0 Å². The van der Waals surface area contributed by atoms with Crippen LogP contribution in [0.15, 0.2) is 24.3 Å². The van der Waals surface area contributed by atoms with Crippen molar-refractivity contribution in [3.8, 4) is 0 Å². The standard InChI is InChI=1S/C17H28N4.3ClH/c1-16-3-2-4-17(15-16)21-13-11-20(12-14-21)10-9-19-7-5-18-6-8-19;;;/h2-4,15,18H,5-14H2,1H3;3*1H. The number of nitrogens with zero attached hydrogens (tertiary/aromatic N) is 3. The number of aryl methyl sites for hydroxylation is 1. The van der Waals surface area contributed by atoms with Crippen LogP contribution >= 0.6 is 37.2 Å². The summed E-state index contributed by atoms with van der Waals surface area (Å²) in [5, 5.41) is 3.42. The van der Waals surface area contributed by atoms with Crippen molar-refractivity contribution in [2.24, 2.45) is 0 Å². The number of hydrogen-bond acceptors (Lipinski definition) is 4. The fourth-order valence-corrected chi connectivity index (χ4v) is 3.27. The highest BCUT2D eigenvalue weighted by molar-refractivity contribution is 5.86. The second-order valence-electron chi connectivity index (χ2n) is 6.26. The highest BCUT2D eigenvalue weighted by Gasteiger charge is 2.18. The van der Waals surface area contributed by atoms with Crippen LogP contribution in [0.25, 0.3) is 0 Å². The van der Waals surface area contributed by atoms with Crippen LogP contribution in [0.2, 0.25) is 0 Å². The Morgan fingerprint density at radius 2 is 1.42 bits per heavy atom. The lowest BCUT2D eigenvalue weighted by molar-refractivity contribution is 0.183. The molecule has 1 aromatic carbocycles. The Morgan fingerprint density at radius 1 is 0.833 bits per heavy atom. The molecule has 4 nitrogen and oxygen atoms in total. The highest BCUT2D eigenvalue weighted by atomic mass is 35.5. The third-order valence-corrected chi connectivity index (χ3v) is 4.68. The van der Waals surface area contributed by atoms with E-state index >= 15 is 0 Å². The summed E-state index contributed by atoms with van der Waals surface area (Å²) in [6.07, 6.45) is 0. The largest absolute Gasteiger partial charge is 0.369 e. The Kier molecular flexibility index (Phi) is 12.1. The van der Waals surface area contributed by atoms with Gasteiger partial charge in [-0.15, -0.1) is 37.2 Å². The first kappa shape index (κ1) is 23.8. The topological polar surface area (TPSA) is 21.8 Å². The second-order valence-corrected chi connectivity index (χ2v) is 6.26. The average Bonchev–Trinajstić information content (AvgIpc) is 2.54. The number of rotatable bonds is 4. The zero-order chi connectivity index (χ0) is 14.5. The van der Waals surface area contributed by atoms with Crippen molar-refractivity contribution in [3.63, 3.8) is 0 Å². The van der Waals surface area contributed by atoms with Gasteiger partial charge in [0.05, 0.1) is 0 Å². The van der Waals surface area contributed by atoms with Crippen molar-refractivity contribution in [3.05, 3.63) is 29.8 Å². The van der Waals surface area contributed by atoms with Gasteiger partial charge in [0.15, 0.2) is 0 Å². The fourth-order valence-electron chi connectivity index (χ4n) is 3.27. The molecule has 0 unspecified atom stereocenters. The first-order valence-corrected chi connectivity index (χ1v) is 8.28. The molecule has 3 rings (SSSR count). The Bertz CT molecular complexity index is 447. The Balaban J connectivity index is 0.00000176. The SMILES string of the molecule is Cc1cccc(N2CCN(CCN3CCNCC3)CC2)c1.Cl.Cl.Cl. The predicted molar refractivity (Wildman–Crippen MR) is 111 cm³/mol. The lowest BCUT2D eigenvalue weighted by Crippen LogP contribution is -2.50. The number of halogens is 3. The molecule has 2 fully saturated rings. The second kappa shape index (κ2) is 12.2. The minimum atomic E-state index is 0. The van der Waals surface area contributed by atoms with Gasteiger partial charge < -0.3 is 10.2 Å². The number of nitrogens with one attached hydrogen (secondary N) is 1. The van der Waals surface area contributed by atoms with E-state index in [0.717, 1.165) is 26.2 Å². The number of anilines is 1. The molecule has 0 saturated carbocycles. The summed E-state index contributed by atoms with van der Waals surface area (Å²) >= 11 is 0. The van der Waals surface area contributed by atoms with Crippen molar-refractivity contribution in [2.45, 2.75) is 6.92 Å². The van der Waals surface area contributed by atoms with Gasteiger partial charge in [-0.2, -0.15) is 0 Å². The van der Waals surface area contributed by atoms with Crippen LogP contribution in [0.3, 0.4) is 0 Å². The maximum Gasteiger partial charge on any atom is 0.0369 e. The summed E-state index contributed by atoms with van der Waals surface area (Å²) in [5.74, 6) is 0. The predicted octanol–water partition coefficient (Wildman–Crippen LogP) is 2.29. The van der Waals surface area contributed by atoms with Gasteiger partial charge >= 0.3 is 0 Å². The van der Waals surface area contributed by atoms with Crippen LogP contribution < -0.4 is 10.2 Å². The molecule has 0 aliphatic carbocycles. The van der Waals surface area contributed by atoms with Gasteiger partial charge in [-0.05, 0) is 24.6 Å². The molecule has 24 heavy (non-hydrogen) atoms. The van der Waals surface area contributed by atoms with Crippen LogP contribution in [-0.4, -0.2) is 75.2 Å². The van der Waals surface area contributed by atoms with Crippen molar-refractivity contribution in [1.29, 1.82) is 0 Å². The molecule has 2 aliphatic rings. The molecule has 2 heterocycles. The smallest absolute Gasteiger partial charge is 0.0369 e. The minimum absolute atomic E-state index is 0. The van der Waals surface area contributed by atoms with Crippen molar-refractivity contribution < 1.29 is 0 Å². The first-order chi connectivity index (χ1) is 10.3. The van der Waals surface area contributed by atoms with E-state index in [1.165, 1.54) is 50.5 Å². The summed E-state index contributed by atoms with van der Waals surface area (Å²) < 4.78 is 0. The maximum absolute atomic E-state index is 3.42. The molecule has 0 bridgehead atoms. The molecule has 0 atom stereocenters. The summed E-state index contributed by atoms with van der Waals surface area (Å²) in [7, 11) is 0. The molecule has 2 saturated heterocycles. The highest BCUT2D eigenvalue weighted by Crippen LogP contribution is 2.17. The molecular weight excluding hydrogens is 367 g/mol. The van der Waals surface area contributed by atoms with E-state index in [1.807, 2.05) is 0 Å². The summed E-state index contributed by atoms with van der Waals surface area (Å²) in [6, 6.07) is 8.88. The molecular formula is C17H31Cl3N4. The molecule has 2 aliphatic heterocycles. The van der Waals surface area contributed by atoms with Gasteiger partial charge in [0.2, 0.25) is 0 Å². The maximum atomic E-state index is 3.42. The van der Waals surface area contributed by atoms with Crippen LogP contribution in [0, 0.1) is 6.92 Å². The molecule has 0 spiro atoms. The van der Waals surface area contributed by atoms with E-state index in [0.29, 0.717) is 0 Å². The molecule has 0 aromatic heterocycles. The van der Waals surface area contributed by atoms with Crippen LogP contribution in [0.1, 0.15) is 5.56 Å². The van der Waals surface area contributed by atoms with Gasteiger partial charge in [-0.25, -0.2) is 0 Å². The summed E-state index contributed by atoms with van der Waals surface area (Å²) in [4.78, 5) is 7.73. The van der Waals surface area contributed by atoms with E-state index in [2.05, 4.69) is 51.2 Å². The summed E-state index contributed by atoms with van der Waals surface area (Å²) in [6.45, 7) is 14.1. The molecule has 1 aromatic rings. The Morgan fingerprint density at radius 3 is 2.00 bits per heavy atom. The monoisotopic (exact) mass is 396 g/mol. The van der Waals surface area contributed by atoms with E-state index < -0.39 is 0 Å². The minimum Gasteiger partial charge on any atom is -0.369 e. The van der Waals surface area contributed by atoms with Crippen LogP contribution in [0.4, 0.5) is 5.69 Å². The van der Waals surface area contributed by atoms with Crippen molar-refractivity contribution in [2.75, 3.05) is 70.3 Å². The van der Waals surface area contributed by atoms with Gasteiger partial charge in [-0.3, -0.25) is 9.80 Å². The van der Waals surface area contributed by atoms with Crippen molar-refractivity contribution in [1.82, 2.24) is 15.1 Å². The van der Waals surface area contributed by atoms with Gasteiger partial charge in [0, 0.05) is 71.1 Å². The van der Waals surface area contributed by atoms with Crippen LogP contribution in [0.5, 0.6) is 0 Å². The number of hydrogen-bond donors (Lipinski definition) is 1. The molecule has 7 heteroatoms. The molecule has 140 valence electrons. The summed E-state index contributed by atoms with van der Waals surface area (Å²) in [5.41, 5.74) is 2.74. The first-order valence-electron chi connectivity index (χ1n) is 8.28. The average molecular weight is 398 g/mol. The van der Waals surface area contributed by atoms with E-state index in [4.69, 9.17) is 0 Å². The van der Waals surface area contributed by atoms with Crippen molar-refractivity contribution >= 4 is 42.9 Å². The van der Waals surface area contributed by atoms with Gasteiger partial charge in [0.25, 0.3) is 0 Å². The zero-order valence-corrected chi connectivity index (χ0v) is 16.9. The van der Waals surface area contributed by atoms with Gasteiger partial charge in [0.1, 0.15) is 0 Å². The Labute approximate surface area is 165 Å². The quantitative estimate of drug-likeness (QED) is 0.841.